The number of ether oxygens (including phenoxy) is 2. The number of hydrogen-bond donors (Lipinski definition) is 2. The van der Waals surface area contributed by atoms with Crippen LogP contribution in [0.4, 0.5) is 9.59 Å². The minimum absolute atomic E-state index is 0.0363. The lowest BCUT2D eigenvalue weighted by molar-refractivity contribution is -0.119. The molecule has 0 saturated heterocycles. The van der Waals surface area contributed by atoms with E-state index in [1.807, 2.05) is 24.3 Å². The van der Waals surface area contributed by atoms with Gasteiger partial charge in [-0.05, 0) is 48.4 Å². The van der Waals surface area contributed by atoms with Crippen molar-refractivity contribution < 1.29 is 23.9 Å². The highest BCUT2D eigenvalue weighted by atomic mass is 16.6. The summed E-state index contributed by atoms with van der Waals surface area (Å²) < 4.78 is 10.4. The number of carbonyl (C=O) groups is 3. The number of carbonyl (C=O) groups excluding carboxylic acids is 3. The van der Waals surface area contributed by atoms with E-state index in [1.54, 1.807) is 0 Å². The highest BCUT2D eigenvalue weighted by molar-refractivity contribution is 5.85. The molecule has 7 nitrogen and oxygen atoms in total. The maximum Gasteiger partial charge on any atom is 0.407 e. The van der Waals surface area contributed by atoms with Crippen LogP contribution in [0.3, 0.4) is 0 Å². The van der Waals surface area contributed by atoms with Crippen molar-refractivity contribution in [3.8, 4) is 11.1 Å². The van der Waals surface area contributed by atoms with Gasteiger partial charge in [0, 0.05) is 12.5 Å². The number of alkyl carbamates (subject to hydrolysis) is 2. The molecule has 174 valence electrons. The molecule has 2 amide bonds. The quantitative estimate of drug-likeness (QED) is 0.387. The van der Waals surface area contributed by atoms with E-state index in [2.05, 4.69) is 41.5 Å². The molecular formula is C26H30N2O5. The SMILES string of the molecule is C=CCOC(=O)NCCCCC(NC(=O)OCC1c2ccccc2-c2ccccc21)C(C)=O. The number of amides is 2. The normalized spacial score (nSPS) is 12.8. The van der Waals surface area contributed by atoms with Crippen LogP contribution in [0.2, 0.25) is 0 Å². The van der Waals surface area contributed by atoms with Gasteiger partial charge in [-0.25, -0.2) is 9.59 Å². The van der Waals surface area contributed by atoms with Crippen molar-refractivity contribution in [3.63, 3.8) is 0 Å². The summed E-state index contributed by atoms with van der Waals surface area (Å²) in [5.74, 6) is -0.173. The molecule has 2 aromatic carbocycles. The molecule has 1 atom stereocenters. The number of nitrogens with one attached hydrogen (secondary N) is 2. The third-order valence-corrected chi connectivity index (χ3v) is 5.65. The van der Waals surface area contributed by atoms with Gasteiger partial charge in [0.15, 0.2) is 5.78 Å². The predicted molar refractivity (Wildman–Crippen MR) is 126 cm³/mol. The Morgan fingerprint density at radius 1 is 0.970 bits per heavy atom. The van der Waals surface area contributed by atoms with Gasteiger partial charge in [-0.15, -0.1) is 0 Å². The van der Waals surface area contributed by atoms with Crippen LogP contribution in [0, 0.1) is 0 Å². The van der Waals surface area contributed by atoms with E-state index < -0.39 is 18.2 Å². The summed E-state index contributed by atoms with van der Waals surface area (Å²) in [6.45, 7) is 5.69. The van der Waals surface area contributed by atoms with Crippen LogP contribution < -0.4 is 10.6 Å². The summed E-state index contributed by atoms with van der Waals surface area (Å²) >= 11 is 0. The van der Waals surface area contributed by atoms with Crippen LogP contribution in [-0.2, 0) is 14.3 Å². The first-order valence-corrected chi connectivity index (χ1v) is 11.1. The first kappa shape index (κ1) is 24.0. The zero-order valence-corrected chi connectivity index (χ0v) is 18.8. The molecular weight excluding hydrogens is 420 g/mol. The average molecular weight is 451 g/mol. The van der Waals surface area contributed by atoms with E-state index in [-0.39, 0.29) is 24.9 Å². The molecule has 2 N–H and O–H groups in total. The number of Topliss-reactive ketones (excluding diaryl/α,β-unsaturated/α-hetero) is 1. The number of rotatable bonds is 11. The summed E-state index contributed by atoms with van der Waals surface area (Å²) in [5.41, 5.74) is 4.58. The largest absolute Gasteiger partial charge is 0.449 e. The van der Waals surface area contributed by atoms with Crippen LogP contribution in [0.5, 0.6) is 0 Å². The lowest BCUT2D eigenvalue weighted by Crippen LogP contribution is -2.40. The maximum absolute atomic E-state index is 12.5. The minimum Gasteiger partial charge on any atom is -0.449 e. The van der Waals surface area contributed by atoms with Gasteiger partial charge in [0.2, 0.25) is 0 Å². The van der Waals surface area contributed by atoms with Gasteiger partial charge in [0.05, 0.1) is 6.04 Å². The highest BCUT2D eigenvalue weighted by Crippen LogP contribution is 2.44. The Hall–Kier alpha value is -3.61. The topological polar surface area (TPSA) is 93.7 Å². The summed E-state index contributed by atoms with van der Waals surface area (Å²) in [7, 11) is 0. The van der Waals surface area contributed by atoms with Crippen molar-refractivity contribution >= 4 is 18.0 Å². The number of fused-ring (bicyclic) bond motifs is 3. The Labute approximate surface area is 194 Å². The van der Waals surface area contributed by atoms with Crippen molar-refractivity contribution in [2.75, 3.05) is 19.8 Å². The van der Waals surface area contributed by atoms with Crippen molar-refractivity contribution in [2.24, 2.45) is 0 Å². The average Bonchev–Trinajstić information content (AvgIpc) is 3.14. The van der Waals surface area contributed by atoms with Crippen LogP contribution >= 0.6 is 0 Å². The Morgan fingerprint density at radius 3 is 2.21 bits per heavy atom. The van der Waals surface area contributed by atoms with Gasteiger partial charge in [0.1, 0.15) is 13.2 Å². The van der Waals surface area contributed by atoms with Crippen molar-refractivity contribution in [1.82, 2.24) is 10.6 Å². The highest BCUT2D eigenvalue weighted by Gasteiger charge is 2.29. The smallest absolute Gasteiger partial charge is 0.407 e. The molecule has 0 radical (unpaired) electrons. The van der Waals surface area contributed by atoms with Gasteiger partial charge >= 0.3 is 12.2 Å². The lowest BCUT2D eigenvalue weighted by atomic mass is 9.98. The van der Waals surface area contributed by atoms with Crippen LogP contribution in [0.25, 0.3) is 11.1 Å². The number of hydrogen-bond acceptors (Lipinski definition) is 5. The number of benzene rings is 2. The molecule has 33 heavy (non-hydrogen) atoms. The molecule has 0 bridgehead atoms. The fraction of sp³-hybridized carbons (Fsp3) is 0.346. The van der Waals surface area contributed by atoms with E-state index in [0.29, 0.717) is 25.8 Å². The molecule has 0 fully saturated rings. The third-order valence-electron chi connectivity index (χ3n) is 5.65. The van der Waals surface area contributed by atoms with Crippen molar-refractivity contribution in [2.45, 2.75) is 38.1 Å². The van der Waals surface area contributed by atoms with Gasteiger partial charge in [-0.1, -0.05) is 61.2 Å². The Kier molecular flexibility index (Phi) is 8.63. The number of ketones is 1. The minimum atomic E-state index is -0.631. The van der Waals surface area contributed by atoms with E-state index in [4.69, 9.17) is 9.47 Å². The second-order valence-corrected chi connectivity index (χ2v) is 7.94. The molecule has 0 heterocycles. The Bertz CT molecular complexity index is 958. The molecule has 1 unspecified atom stereocenters. The monoisotopic (exact) mass is 450 g/mol. The second kappa shape index (κ2) is 11.9. The van der Waals surface area contributed by atoms with E-state index in [0.717, 1.165) is 22.3 Å². The summed E-state index contributed by atoms with van der Waals surface area (Å²) in [4.78, 5) is 35.8. The third kappa shape index (κ3) is 6.44. The van der Waals surface area contributed by atoms with Crippen LogP contribution in [-0.4, -0.2) is 43.8 Å². The summed E-state index contributed by atoms with van der Waals surface area (Å²) in [5, 5.41) is 5.31. The molecule has 0 spiro atoms. The van der Waals surface area contributed by atoms with Gasteiger partial charge in [-0.3, -0.25) is 4.79 Å². The number of unbranched alkanes of at least 4 members (excludes halogenated alkanes) is 1. The molecule has 1 aliphatic rings. The van der Waals surface area contributed by atoms with E-state index in [1.165, 1.54) is 13.0 Å². The summed E-state index contributed by atoms with van der Waals surface area (Å²) in [6.07, 6.45) is 2.14. The maximum atomic E-state index is 12.5. The van der Waals surface area contributed by atoms with Crippen molar-refractivity contribution in [1.29, 1.82) is 0 Å². The first-order chi connectivity index (χ1) is 16.0. The molecule has 7 heteroatoms. The zero-order chi connectivity index (χ0) is 23.6. The first-order valence-electron chi connectivity index (χ1n) is 11.1. The van der Waals surface area contributed by atoms with E-state index >= 15 is 0 Å². The molecule has 2 aromatic rings. The molecule has 0 aliphatic heterocycles. The zero-order valence-electron chi connectivity index (χ0n) is 18.8. The predicted octanol–water partition coefficient (Wildman–Crippen LogP) is 4.57. The van der Waals surface area contributed by atoms with Crippen molar-refractivity contribution in [3.05, 3.63) is 72.3 Å². The Balaban J connectivity index is 1.46. The molecule has 1 aliphatic carbocycles. The van der Waals surface area contributed by atoms with Crippen LogP contribution in [0.15, 0.2) is 61.2 Å². The fourth-order valence-electron chi connectivity index (χ4n) is 4.01. The second-order valence-electron chi connectivity index (χ2n) is 7.94. The van der Waals surface area contributed by atoms with Gasteiger partial charge in [0.25, 0.3) is 0 Å². The summed E-state index contributed by atoms with van der Waals surface area (Å²) in [6, 6.07) is 15.6. The fourth-order valence-corrected chi connectivity index (χ4v) is 4.01. The molecule has 0 saturated carbocycles. The standard InChI is InChI=1S/C26H30N2O5/c1-3-16-32-25(30)27-15-9-8-14-24(18(2)29)28-26(31)33-17-23-21-12-6-4-10-19(21)20-11-5-7-13-22(20)23/h3-7,10-13,23-24H,1,8-9,14-17H2,2H3,(H,27,30)(H,28,31). The van der Waals surface area contributed by atoms with Gasteiger partial charge < -0.3 is 20.1 Å². The van der Waals surface area contributed by atoms with E-state index in [9.17, 15) is 14.4 Å². The van der Waals surface area contributed by atoms with Gasteiger partial charge in [-0.2, -0.15) is 0 Å². The molecule has 3 rings (SSSR count). The van der Waals surface area contributed by atoms with Crippen LogP contribution in [0.1, 0.15) is 43.2 Å². The molecule has 0 aromatic heterocycles. The Morgan fingerprint density at radius 2 is 1.61 bits per heavy atom. The lowest BCUT2D eigenvalue weighted by Gasteiger charge is -2.18.